The highest BCUT2D eigenvalue weighted by Crippen LogP contribution is 2.40. The minimum Gasteiger partial charge on any atom is -0.212 e. The minimum atomic E-state index is -3.29. The van der Waals surface area contributed by atoms with Gasteiger partial charge in [0.15, 0.2) is 0 Å². The topological polar surface area (TPSA) is 34.1 Å². The van der Waals surface area contributed by atoms with E-state index in [2.05, 4.69) is 0 Å². The van der Waals surface area contributed by atoms with Gasteiger partial charge in [-0.05, 0) is 19.8 Å². The van der Waals surface area contributed by atoms with Crippen LogP contribution < -0.4 is 0 Å². The Morgan fingerprint density at radius 1 is 1.44 bits per heavy atom. The number of hydrogen-bond donors (Lipinski definition) is 0. The third-order valence-corrected chi connectivity index (χ3v) is 4.70. The van der Waals surface area contributed by atoms with Crippen LogP contribution in [0.15, 0.2) is 0 Å². The van der Waals surface area contributed by atoms with Crippen molar-refractivity contribution >= 4 is 19.7 Å². The van der Waals surface area contributed by atoms with Gasteiger partial charge in [-0.1, -0.05) is 6.42 Å². The molecular weight excluding hydrogens is 160 g/mol. The van der Waals surface area contributed by atoms with Gasteiger partial charge in [-0.25, -0.2) is 8.42 Å². The van der Waals surface area contributed by atoms with Crippen LogP contribution in [0.4, 0.5) is 0 Å². The van der Waals surface area contributed by atoms with E-state index in [0.29, 0.717) is 0 Å². The van der Waals surface area contributed by atoms with E-state index in [9.17, 15) is 8.42 Å². The van der Waals surface area contributed by atoms with Crippen LogP contribution in [-0.2, 0) is 9.05 Å². The maximum Gasteiger partial charge on any atom is 0.238 e. The molecule has 0 bridgehead atoms. The van der Waals surface area contributed by atoms with Crippen molar-refractivity contribution < 1.29 is 8.42 Å². The molecule has 0 spiro atoms. The van der Waals surface area contributed by atoms with Crippen LogP contribution in [0.1, 0.15) is 26.2 Å². The van der Waals surface area contributed by atoms with E-state index in [1.165, 1.54) is 0 Å². The maximum atomic E-state index is 10.7. The van der Waals surface area contributed by atoms with Gasteiger partial charge >= 0.3 is 0 Å². The van der Waals surface area contributed by atoms with Crippen LogP contribution in [-0.4, -0.2) is 13.2 Å². The summed E-state index contributed by atoms with van der Waals surface area (Å²) in [4.78, 5) is 0. The van der Waals surface area contributed by atoms with Gasteiger partial charge in [0.2, 0.25) is 9.05 Å². The molecule has 0 aliphatic heterocycles. The Labute approximate surface area is 59.6 Å². The first-order valence-electron chi connectivity index (χ1n) is 2.90. The van der Waals surface area contributed by atoms with Crippen LogP contribution in [0.5, 0.6) is 0 Å². The third-order valence-electron chi connectivity index (χ3n) is 2.00. The zero-order chi connectivity index (χ0) is 7.12. The molecule has 0 unspecified atom stereocenters. The summed E-state index contributed by atoms with van der Waals surface area (Å²) >= 11 is 0. The normalized spacial score (nSPS) is 25.1. The molecule has 0 radical (unpaired) electrons. The van der Waals surface area contributed by atoms with Crippen LogP contribution in [0.2, 0.25) is 0 Å². The largest absolute Gasteiger partial charge is 0.238 e. The highest BCUT2D eigenvalue weighted by atomic mass is 35.7. The lowest BCUT2D eigenvalue weighted by molar-refractivity contribution is 0.368. The van der Waals surface area contributed by atoms with Gasteiger partial charge in [0.25, 0.3) is 0 Å². The van der Waals surface area contributed by atoms with E-state index in [-0.39, 0.29) is 0 Å². The Hall–Kier alpha value is 0.240. The second-order valence-corrected chi connectivity index (χ2v) is 5.82. The molecule has 1 aliphatic carbocycles. The Bertz CT molecular complexity index is 203. The standard InChI is InChI=1S/C5H9ClO2S/c1-5(3-2-4-5)9(6,7)8/h2-4H2,1H3. The summed E-state index contributed by atoms with van der Waals surface area (Å²) in [5.41, 5.74) is 0. The molecule has 1 saturated carbocycles. The van der Waals surface area contributed by atoms with Gasteiger partial charge in [0, 0.05) is 10.7 Å². The molecule has 1 aliphatic rings. The molecule has 0 amide bonds. The average molecular weight is 169 g/mol. The third kappa shape index (κ3) is 1.08. The monoisotopic (exact) mass is 168 g/mol. The predicted octanol–water partition coefficient (Wildman–Crippen LogP) is 1.50. The van der Waals surface area contributed by atoms with Gasteiger partial charge in [0.05, 0.1) is 4.75 Å². The van der Waals surface area contributed by atoms with E-state index < -0.39 is 13.8 Å². The van der Waals surface area contributed by atoms with Crippen molar-refractivity contribution in [2.45, 2.75) is 30.9 Å². The van der Waals surface area contributed by atoms with Crippen molar-refractivity contribution in [3.05, 3.63) is 0 Å². The van der Waals surface area contributed by atoms with Crippen molar-refractivity contribution in [1.29, 1.82) is 0 Å². The first kappa shape index (κ1) is 7.35. The summed E-state index contributed by atoms with van der Waals surface area (Å²) in [5.74, 6) is 0. The summed E-state index contributed by atoms with van der Waals surface area (Å²) in [7, 11) is 1.86. The number of hydrogen-bond acceptors (Lipinski definition) is 2. The van der Waals surface area contributed by atoms with Crippen molar-refractivity contribution in [2.75, 3.05) is 0 Å². The fourth-order valence-corrected chi connectivity index (χ4v) is 2.16. The first-order valence-corrected chi connectivity index (χ1v) is 5.21. The van der Waals surface area contributed by atoms with E-state index >= 15 is 0 Å². The molecule has 0 aromatic rings. The summed E-state index contributed by atoms with van der Waals surface area (Å²) in [6.07, 6.45) is 2.43. The van der Waals surface area contributed by atoms with Gasteiger partial charge < -0.3 is 0 Å². The molecule has 54 valence electrons. The lowest BCUT2D eigenvalue weighted by atomic mass is 9.86. The molecule has 0 N–H and O–H groups in total. The molecule has 2 nitrogen and oxygen atoms in total. The molecule has 0 saturated heterocycles. The van der Waals surface area contributed by atoms with Crippen LogP contribution in [0, 0.1) is 0 Å². The molecule has 0 atom stereocenters. The Morgan fingerprint density at radius 3 is 1.89 bits per heavy atom. The fraction of sp³-hybridized carbons (Fsp3) is 1.00. The highest BCUT2D eigenvalue weighted by molar-refractivity contribution is 8.14. The maximum absolute atomic E-state index is 10.7. The van der Waals surface area contributed by atoms with Gasteiger partial charge in [-0.2, -0.15) is 0 Å². The zero-order valence-electron chi connectivity index (χ0n) is 5.22. The summed E-state index contributed by atoms with van der Waals surface area (Å²) in [6.45, 7) is 1.69. The minimum absolute atomic E-state index is 0.603. The Kier molecular flexibility index (Phi) is 1.52. The van der Waals surface area contributed by atoms with Gasteiger partial charge in [0.1, 0.15) is 0 Å². The highest BCUT2D eigenvalue weighted by Gasteiger charge is 2.43. The van der Waals surface area contributed by atoms with Gasteiger partial charge in [-0.3, -0.25) is 0 Å². The Balaban J connectivity index is 2.84. The fourth-order valence-electron chi connectivity index (χ4n) is 0.918. The van der Waals surface area contributed by atoms with E-state index in [1.807, 2.05) is 0 Å². The molecule has 0 aromatic carbocycles. The van der Waals surface area contributed by atoms with Crippen molar-refractivity contribution in [3.63, 3.8) is 0 Å². The van der Waals surface area contributed by atoms with E-state index in [1.54, 1.807) is 6.92 Å². The van der Waals surface area contributed by atoms with E-state index in [4.69, 9.17) is 10.7 Å². The van der Waals surface area contributed by atoms with E-state index in [0.717, 1.165) is 19.3 Å². The van der Waals surface area contributed by atoms with Gasteiger partial charge in [-0.15, -0.1) is 0 Å². The summed E-state index contributed by atoms with van der Waals surface area (Å²) < 4.78 is 20.8. The van der Waals surface area contributed by atoms with Crippen LogP contribution >= 0.6 is 10.7 Å². The summed E-state index contributed by atoms with van der Waals surface area (Å²) in [6, 6.07) is 0. The first-order chi connectivity index (χ1) is 3.96. The van der Waals surface area contributed by atoms with Crippen molar-refractivity contribution in [1.82, 2.24) is 0 Å². The molecule has 1 fully saturated rings. The molecule has 0 aromatic heterocycles. The average Bonchev–Trinajstić information content (AvgIpc) is 1.57. The van der Waals surface area contributed by atoms with Crippen LogP contribution in [0.3, 0.4) is 0 Å². The van der Waals surface area contributed by atoms with Crippen molar-refractivity contribution in [2.24, 2.45) is 0 Å². The second-order valence-electron chi connectivity index (χ2n) is 2.74. The quantitative estimate of drug-likeness (QED) is 0.556. The zero-order valence-corrected chi connectivity index (χ0v) is 6.80. The molecular formula is C5H9ClO2S. The number of rotatable bonds is 1. The van der Waals surface area contributed by atoms with Crippen LogP contribution in [0.25, 0.3) is 0 Å². The smallest absolute Gasteiger partial charge is 0.212 e. The molecule has 1 rings (SSSR count). The SMILES string of the molecule is CC1(S(=O)(=O)Cl)CCC1. The lowest BCUT2D eigenvalue weighted by Gasteiger charge is -2.34. The molecule has 4 heteroatoms. The van der Waals surface area contributed by atoms with Crippen molar-refractivity contribution in [3.8, 4) is 0 Å². The Morgan fingerprint density at radius 2 is 1.89 bits per heavy atom. The summed E-state index contributed by atoms with van der Waals surface area (Å²) in [5, 5.41) is 0. The molecule has 0 heterocycles. The lowest BCUT2D eigenvalue weighted by Crippen LogP contribution is -2.38. The second kappa shape index (κ2) is 1.86. The molecule has 9 heavy (non-hydrogen) atoms. The number of halogens is 1. The predicted molar refractivity (Wildman–Crippen MR) is 37.0 cm³/mol.